The van der Waals surface area contributed by atoms with Crippen molar-refractivity contribution >= 4 is 29.2 Å². The maximum Gasteiger partial charge on any atom is 0.244 e. The van der Waals surface area contributed by atoms with E-state index in [0.717, 1.165) is 17.9 Å². The van der Waals surface area contributed by atoms with Crippen molar-refractivity contribution in [1.29, 1.82) is 0 Å². The van der Waals surface area contributed by atoms with Gasteiger partial charge >= 0.3 is 0 Å². The predicted molar refractivity (Wildman–Crippen MR) is 88.8 cm³/mol. The van der Waals surface area contributed by atoms with Crippen molar-refractivity contribution in [3.8, 4) is 0 Å². The van der Waals surface area contributed by atoms with Crippen LogP contribution in [0.3, 0.4) is 0 Å². The maximum absolute atomic E-state index is 12.0. The Morgan fingerprint density at radius 1 is 1.36 bits per heavy atom. The molecule has 1 aliphatic carbocycles. The van der Waals surface area contributed by atoms with Gasteiger partial charge in [-0.15, -0.1) is 0 Å². The SMILES string of the molecule is O=C(/C=C/c1c(Cl)nc2ccccn12)NCC1CCCCC1. The summed E-state index contributed by atoms with van der Waals surface area (Å²) in [4.78, 5) is 16.2. The van der Waals surface area contributed by atoms with Gasteiger partial charge in [-0.25, -0.2) is 4.98 Å². The minimum atomic E-state index is -0.0764. The van der Waals surface area contributed by atoms with Crippen molar-refractivity contribution < 1.29 is 4.79 Å². The Morgan fingerprint density at radius 2 is 2.18 bits per heavy atom. The van der Waals surface area contributed by atoms with Gasteiger partial charge in [0.05, 0.1) is 5.69 Å². The molecule has 0 radical (unpaired) electrons. The lowest BCUT2D eigenvalue weighted by atomic mass is 9.89. The van der Waals surface area contributed by atoms with Crippen LogP contribution < -0.4 is 5.32 Å². The van der Waals surface area contributed by atoms with Gasteiger partial charge in [-0.2, -0.15) is 0 Å². The van der Waals surface area contributed by atoms with E-state index in [4.69, 9.17) is 11.6 Å². The lowest BCUT2D eigenvalue weighted by Gasteiger charge is -2.21. The quantitative estimate of drug-likeness (QED) is 0.874. The van der Waals surface area contributed by atoms with Crippen LogP contribution in [0.2, 0.25) is 5.15 Å². The van der Waals surface area contributed by atoms with Crippen molar-refractivity contribution in [3.05, 3.63) is 41.3 Å². The Hall–Kier alpha value is -1.81. The van der Waals surface area contributed by atoms with Crippen LogP contribution in [0.25, 0.3) is 11.7 Å². The first-order chi connectivity index (χ1) is 10.7. The monoisotopic (exact) mass is 317 g/mol. The molecule has 0 spiro atoms. The van der Waals surface area contributed by atoms with Crippen molar-refractivity contribution in [3.63, 3.8) is 0 Å². The van der Waals surface area contributed by atoms with Gasteiger partial charge in [0.1, 0.15) is 5.65 Å². The van der Waals surface area contributed by atoms with Crippen LogP contribution in [-0.4, -0.2) is 21.8 Å². The van der Waals surface area contributed by atoms with Gasteiger partial charge in [-0.05, 0) is 37.0 Å². The molecule has 1 N–H and O–H groups in total. The molecule has 0 bridgehead atoms. The molecule has 0 unspecified atom stereocenters. The molecule has 5 heteroatoms. The largest absolute Gasteiger partial charge is 0.352 e. The number of amides is 1. The number of carbonyl (C=O) groups is 1. The fraction of sp³-hybridized carbons (Fsp3) is 0.412. The number of hydrogen-bond donors (Lipinski definition) is 1. The second-order valence-electron chi connectivity index (χ2n) is 5.80. The zero-order valence-electron chi connectivity index (χ0n) is 12.5. The van der Waals surface area contributed by atoms with Gasteiger partial charge in [-0.1, -0.05) is 36.9 Å². The zero-order valence-corrected chi connectivity index (χ0v) is 13.2. The first-order valence-electron chi connectivity index (χ1n) is 7.82. The van der Waals surface area contributed by atoms with Crippen molar-refractivity contribution in [2.24, 2.45) is 5.92 Å². The number of carbonyl (C=O) groups excluding carboxylic acids is 1. The molecule has 1 saturated carbocycles. The first kappa shape index (κ1) is 15.1. The summed E-state index contributed by atoms with van der Waals surface area (Å²) in [5.74, 6) is 0.554. The average molecular weight is 318 g/mol. The molecule has 1 amide bonds. The summed E-state index contributed by atoms with van der Waals surface area (Å²) >= 11 is 6.13. The number of aromatic nitrogens is 2. The summed E-state index contributed by atoms with van der Waals surface area (Å²) < 4.78 is 1.87. The maximum atomic E-state index is 12.0. The number of hydrogen-bond acceptors (Lipinski definition) is 2. The Labute approximate surface area is 135 Å². The second kappa shape index (κ2) is 6.97. The van der Waals surface area contributed by atoms with E-state index in [1.54, 1.807) is 6.08 Å². The van der Waals surface area contributed by atoms with Crippen LogP contribution in [0.4, 0.5) is 0 Å². The highest BCUT2D eigenvalue weighted by molar-refractivity contribution is 6.31. The molecular formula is C17H20ClN3O. The van der Waals surface area contributed by atoms with Crippen LogP contribution in [0.5, 0.6) is 0 Å². The molecule has 22 heavy (non-hydrogen) atoms. The number of imidazole rings is 1. The molecule has 0 aromatic carbocycles. The lowest BCUT2D eigenvalue weighted by molar-refractivity contribution is -0.116. The third kappa shape index (κ3) is 3.50. The van der Waals surface area contributed by atoms with Gasteiger partial charge in [0.25, 0.3) is 0 Å². The molecule has 0 aliphatic heterocycles. The number of pyridine rings is 1. The summed E-state index contributed by atoms with van der Waals surface area (Å²) in [6.07, 6.45) is 11.5. The van der Waals surface area contributed by atoms with E-state index in [0.29, 0.717) is 11.1 Å². The third-order valence-electron chi connectivity index (χ3n) is 4.20. The van der Waals surface area contributed by atoms with E-state index in [1.807, 2.05) is 28.8 Å². The number of nitrogens with zero attached hydrogens (tertiary/aromatic N) is 2. The molecule has 2 aromatic rings. The smallest absolute Gasteiger partial charge is 0.244 e. The topological polar surface area (TPSA) is 46.4 Å². The minimum absolute atomic E-state index is 0.0764. The normalized spacial score (nSPS) is 16.4. The zero-order chi connectivity index (χ0) is 15.4. The Morgan fingerprint density at radius 3 is 3.00 bits per heavy atom. The van der Waals surface area contributed by atoms with Crippen LogP contribution >= 0.6 is 11.6 Å². The standard InChI is InChI=1S/C17H20ClN3O/c18-17-14(21-11-5-4-8-15(21)20-17)9-10-16(22)19-12-13-6-2-1-3-7-13/h4-5,8-11,13H,1-3,6-7,12H2,(H,19,22)/b10-9+. The summed E-state index contributed by atoms with van der Waals surface area (Å²) in [6.45, 7) is 0.768. The molecule has 1 fully saturated rings. The number of fused-ring (bicyclic) bond motifs is 1. The van der Waals surface area contributed by atoms with E-state index in [9.17, 15) is 4.79 Å². The summed E-state index contributed by atoms with van der Waals surface area (Å²) in [6, 6.07) is 5.70. The predicted octanol–water partition coefficient (Wildman–Crippen LogP) is 3.70. The highest BCUT2D eigenvalue weighted by Crippen LogP contribution is 2.22. The number of rotatable bonds is 4. The van der Waals surface area contributed by atoms with E-state index in [1.165, 1.54) is 38.2 Å². The van der Waals surface area contributed by atoms with E-state index in [-0.39, 0.29) is 5.91 Å². The molecule has 4 nitrogen and oxygen atoms in total. The Bertz CT molecular complexity index is 686. The fourth-order valence-corrected chi connectivity index (χ4v) is 3.23. The number of halogens is 1. The Balaban J connectivity index is 1.62. The third-order valence-corrected chi connectivity index (χ3v) is 4.48. The fourth-order valence-electron chi connectivity index (χ4n) is 2.98. The van der Waals surface area contributed by atoms with Gasteiger partial charge in [0.2, 0.25) is 5.91 Å². The van der Waals surface area contributed by atoms with Crippen LogP contribution in [0.15, 0.2) is 30.5 Å². The highest BCUT2D eigenvalue weighted by atomic mass is 35.5. The molecule has 116 valence electrons. The Kier molecular flexibility index (Phi) is 4.78. The molecule has 1 aliphatic rings. The van der Waals surface area contributed by atoms with Crippen LogP contribution in [-0.2, 0) is 4.79 Å². The second-order valence-corrected chi connectivity index (χ2v) is 6.16. The first-order valence-corrected chi connectivity index (χ1v) is 8.20. The van der Waals surface area contributed by atoms with E-state index >= 15 is 0 Å². The van der Waals surface area contributed by atoms with Crippen LogP contribution in [0.1, 0.15) is 37.8 Å². The molecule has 2 heterocycles. The number of nitrogens with one attached hydrogen (secondary N) is 1. The van der Waals surface area contributed by atoms with Crippen LogP contribution in [0, 0.1) is 5.92 Å². The van der Waals surface area contributed by atoms with Gasteiger partial charge in [0.15, 0.2) is 5.15 Å². The van der Waals surface area contributed by atoms with Crippen molar-refractivity contribution in [2.75, 3.05) is 6.54 Å². The average Bonchev–Trinajstić information content (AvgIpc) is 2.87. The summed E-state index contributed by atoms with van der Waals surface area (Å²) in [5.41, 5.74) is 1.50. The van der Waals surface area contributed by atoms with Crippen molar-refractivity contribution in [2.45, 2.75) is 32.1 Å². The molecule has 0 atom stereocenters. The van der Waals surface area contributed by atoms with Crippen molar-refractivity contribution in [1.82, 2.24) is 14.7 Å². The molecule has 3 rings (SSSR count). The molecule has 0 saturated heterocycles. The van der Waals surface area contributed by atoms with Gasteiger partial charge in [0, 0.05) is 18.8 Å². The van der Waals surface area contributed by atoms with E-state index < -0.39 is 0 Å². The summed E-state index contributed by atoms with van der Waals surface area (Å²) in [7, 11) is 0. The molecule has 2 aromatic heterocycles. The lowest BCUT2D eigenvalue weighted by Crippen LogP contribution is -2.28. The highest BCUT2D eigenvalue weighted by Gasteiger charge is 2.13. The summed E-state index contributed by atoms with van der Waals surface area (Å²) in [5, 5.41) is 3.39. The minimum Gasteiger partial charge on any atom is -0.352 e. The molecular weight excluding hydrogens is 298 g/mol. The van der Waals surface area contributed by atoms with E-state index in [2.05, 4.69) is 10.3 Å². The van der Waals surface area contributed by atoms with Gasteiger partial charge < -0.3 is 5.32 Å². The van der Waals surface area contributed by atoms with Gasteiger partial charge in [-0.3, -0.25) is 9.20 Å².